The Kier molecular flexibility index (Phi) is 8.02. The number of aromatic hydroxyl groups is 1. The summed E-state index contributed by atoms with van der Waals surface area (Å²) in [5.41, 5.74) is 6.05. The van der Waals surface area contributed by atoms with Crippen molar-refractivity contribution in [1.29, 1.82) is 0 Å². The molecule has 0 spiro atoms. The van der Waals surface area contributed by atoms with Crippen LogP contribution < -0.4 is 9.80 Å². The van der Waals surface area contributed by atoms with Crippen molar-refractivity contribution in [2.75, 3.05) is 9.80 Å². The van der Waals surface area contributed by atoms with Crippen LogP contribution in [0.15, 0.2) is 140 Å². The molecular formula is C34H25IrN3O-2. The maximum Gasteiger partial charge on any atom is 0.136 e. The minimum absolute atomic E-state index is 0. The molecule has 0 saturated carbocycles. The summed E-state index contributed by atoms with van der Waals surface area (Å²) in [6.07, 6.45) is 1.85. The molecule has 1 aromatic heterocycles. The average Bonchev–Trinajstić information content (AvgIpc) is 3.38. The quantitative estimate of drug-likeness (QED) is 0.190. The second kappa shape index (κ2) is 12.0. The number of phenolic OH excluding ortho intramolecular Hbond substituents is 1. The predicted octanol–water partition coefficient (Wildman–Crippen LogP) is 8.50. The first kappa shape index (κ1) is 26.2. The molecule has 7 rings (SSSR count). The topological polar surface area (TPSA) is 39.6 Å². The molecule has 0 amide bonds. The van der Waals surface area contributed by atoms with Gasteiger partial charge in [0.05, 0.1) is 5.69 Å². The van der Waals surface area contributed by atoms with Crippen molar-refractivity contribution >= 4 is 33.5 Å². The molecule has 5 aromatic carbocycles. The van der Waals surface area contributed by atoms with Gasteiger partial charge in [0.1, 0.15) is 5.75 Å². The third-order valence-electron chi connectivity index (χ3n) is 6.45. The van der Waals surface area contributed by atoms with Crippen LogP contribution in [0, 0.1) is 12.7 Å². The van der Waals surface area contributed by atoms with Crippen molar-refractivity contribution in [2.45, 2.75) is 0 Å². The van der Waals surface area contributed by atoms with Crippen LogP contribution in [0.2, 0.25) is 0 Å². The van der Waals surface area contributed by atoms with Crippen LogP contribution in [0.1, 0.15) is 0 Å². The third kappa shape index (κ3) is 5.42. The maximum absolute atomic E-state index is 10.2. The number of benzene rings is 5. The zero-order valence-corrected chi connectivity index (χ0v) is 23.4. The summed E-state index contributed by atoms with van der Waals surface area (Å²) in [4.78, 5) is 8.58. The van der Waals surface area contributed by atoms with Gasteiger partial charge < -0.3 is 19.9 Å². The van der Waals surface area contributed by atoms with Gasteiger partial charge in [-0.3, -0.25) is 0 Å². The Bertz CT molecular complexity index is 1670. The average molecular weight is 684 g/mol. The number of para-hydroxylation sites is 5. The van der Waals surface area contributed by atoms with E-state index in [2.05, 4.69) is 52.3 Å². The molecule has 0 aliphatic carbocycles. The number of rotatable bonds is 3. The van der Waals surface area contributed by atoms with Crippen LogP contribution in [0.4, 0.5) is 22.7 Å². The van der Waals surface area contributed by atoms with Gasteiger partial charge >= 0.3 is 0 Å². The van der Waals surface area contributed by atoms with Gasteiger partial charge in [-0.1, -0.05) is 66.7 Å². The molecule has 5 heteroatoms. The Morgan fingerprint density at radius 2 is 1.26 bits per heavy atom. The molecule has 1 N–H and O–H groups in total. The Morgan fingerprint density at radius 3 is 2.00 bits per heavy atom. The predicted molar refractivity (Wildman–Crippen MR) is 156 cm³/mol. The second-order valence-corrected chi connectivity index (χ2v) is 8.83. The van der Waals surface area contributed by atoms with Gasteiger partial charge in [-0.05, 0) is 58.9 Å². The smallest absolute Gasteiger partial charge is 0.136 e. The van der Waals surface area contributed by atoms with E-state index in [0.29, 0.717) is 0 Å². The zero-order chi connectivity index (χ0) is 25.7. The normalized spacial score (nSPS) is 11.8. The van der Waals surface area contributed by atoms with E-state index in [1.54, 1.807) is 6.07 Å². The number of pyridine rings is 1. The van der Waals surface area contributed by atoms with Crippen LogP contribution in [0.5, 0.6) is 5.75 Å². The van der Waals surface area contributed by atoms with Gasteiger partial charge in [0.2, 0.25) is 0 Å². The maximum atomic E-state index is 10.2. The largest absolute Gasteiger partial charge is 0.506 e. The number of nitrogens with zero attached hydrogens (tertiary/aromatic N) is 3. The third-order valence-corrected chi connectivity index (χ3v) is 6.45. The fraction of sp³-hybridized carbons (Fsp3) is 0. The molecule has 0 atom stereocenters. The number of fused-ring (bicyclic) bond motifs is 2. The van der Waals surface area contributed by atoms with Crippen LogP contribution in [0.3, 0.4) is 0 Å². The monoisotopic (exact) mass is 684 g/mol. The van der Waals surface area contributed by atoms with Crippen molar-refractivity contribution in [2.24, 2.45) is 0 Å². The van der Waals surface area contributed by atoms with E-state index in [0.717, 1.165) is 34.0 Å². The van der Waals surface area contributed by atoms with Gasteiger partial charge in [0, 0.05) is 43.4 Å². The molecule has 1 aliphatic rings. The van der Waals surface area contributed by atoms with Crippen molar-refractivity contribution < 1.29 is 25.2 Å². The number of hydrogen-bond donors (Lipinski definition) is 1. The van der Waals surface area contributed by atoms with Gasteiger partial charge in [-0.2, -0.15) is 0 Å². The summed E-state index contributed by atoms with van der Waals surface area (Å²) < 4.78 is 0. The molecule has 4 nitrogen and oxygen atoms in total. The van der Waals surface area contributed by atoms with Crippen LogP contribution in [-0.4, -0.2) is 10.1 Å². The summed E-state index contributed by atoms with van der Waals surface area (Å²) in [5.74, 6) is 0.267. The van der Waals surface area contributed by atoms with E-state index in [1.165, 1.54) is 10.8 Å². The molecule has 0 bridgehead atoms. The van der Waals surface area contributed by atoms with E-state index >= 15 is 0 Å². The summed E-state index contributed by atoms with van der Waals surface area (Å²) in [7, 11) is 0. The Balaban J connectivity index is 0.000000161. The second-order valence-electron chi connectivity index (χ2n) is 8.83. The fourth-order valence-electron chi connectivity index (χ4n) is 4.64. The number of aromatic nitrogens is 1. The molecule has 0 unspecified atom stereocenters. The van der Waals surface area contributed by atoms with E-state index < -0.39 is 0 Å². The standard InChI is InChI=1S/C19H15N2O.C15H10N.Ir/c22-19-13-7-6-12-18(19)21-14-20(15-8-2-1-3-9-15)16-10-4-5-11-17(16)21;1-2-7-13(8-3-1)15-14-9-5-4-6-12(14)10-11-16-15;/h1-14,22H;1-7,9-11H;/q2*-1;. The molecule has 193 valence electrons. The van der Waals surface area contributed by atoms with Crippen molar-refractivity contribution in [1.82, 2.24) is 4.98 Å². The minimum Gasteiger partial charge on any atom is -0.506 e. The van der Waals surface area contributed by atoms with E-state index in [1.807, 2.05) is 109 Å². The summed E-state index contributed by atoms with van der Waals surface area (Å²) >= 11 is 0. The van der Waals surface area contributed by atoms with Gasteiger partial charge in [-0.25, -0.2) is 0 Å². The molecule has 1 radical (unpaired) electrons. The first-order chi connectivity index (χ1) is 18.8. The van der Waals surface area contributed by atoms with Crippen molar-refractivity contribution in [3.63, 3.8) is 0 Å². The van der Waals surface area contributed by atoms with Crippen LogP contribution in [0.25, 0.3) is 22.0 Å². The van der Waals surface area contributed by atoms with E-state index in [-0.39, 0.29) is 25.9 Å². The Morgan fingerprint density at radius 1 is 0.615 bits per heavy atom. The summed E-state index contributed by atoms with van der Waals surface area (Å²) in [6.45, 7) is 2.01. The molecule has 0 saturated heterocycles. The summed E-state index contributed by atoms with van der Waals surface area (Å²) in [6, 6.07) is 47.2. The number of hydrogen-bond acceptors (Lipinski definition) is 4. The molecule has 39 heavy (non-hydrogen) atoms. The van der Waals surface area contributed by atoms with E-state index in [4.69, 9.17) is 0 Å². The fourth-order valence-corrected chi connectivity index (χ4v) is 4.64. The number of phenols is 1. The van der Waals surface area contributed by atoms with Crippen LogP contribution in [-0.2, 0) is 20.1 Å². The Labute approximate surface area is 242 Å². The summed E-state index contributed by atoms with van der Waals surface area (Å²) in [5, 5.41) is 12.6. The molecular weight excluding hydrogens is 659 g/mol. The minimum atomic E-state index is 0. The Hall–Kier alpha value is -4.44. The number of anilines is 4. The molecule has 1 aliphatic heterocycles. The van der Waals surface area contributed by atoms with Crippen molar-refractivity contribution in [3.8, 4) is 17.0 Å². The molecule has 6 aromatic rings. The SMILES string of the molecule is Oc1ccccc1N1[CH-]N(c2ccccc2)c2ccccc21.[Ir].[c-]1ccccc1-c1nccc2ccccc12. The van der Waals surface area contributed by atoms with E-state index in [9.17, 15) is 5.11 Å². The van der Waals surface area contributed by atoms with Crippen molar-refractivity contribution in [3.05, 3.63) is 152 Å². The van der Waals surface area contributed by atoms with Gasteiger partial charge in [0.25, 0.3) is 0 Å². The molecule has 0 fully saturated rings. The van der Waals surface area contributed by atoms with Gasteiger partial charge in [-0.15, -0.1) is 42.6 Å². The zero-order valence-electron chi connectivity index (χ0n) is 21.0. The first-order valence-electron chi connectivity index (χ1n) is 12.5. The molecule has 2 heterocycles. The van der Waals surface area contributed by atoms with Gasteiger partial charge in [0.15, 0.2) is 0 Å². The first-order valence-corrected chi connectivity index (χ1v) is 12.5. The van der Waals surface area contributed by atoms with Crippen LogP contribution >= 0.6 is 0 Å².